The molecule has 3 heterocycles. The van der Waals surface area contributed by atoms with Gasteiger partial charge in [-0.2, -0.15) is 8.42 Å². The average molecular weight is 452 g/mol. The molecule has 8 nitrogen and oxygen atoms in total. The van der Waals surface area contributed by atoms with Gasteiger partial charge >= 0.3 is 0 Å². The summed E-state index contributed by atoms with van der Waals surface area (Å²) in [5, 5.41) is 4.81. The Morgan fingerprint density at radius 3 is 2.71 bits per heavy atom. The maximum atomic E-state index is 12.5. The first-order chi connectivity index (χ1) is 14.9. The highest BCUT2D eigenvalue weighted by molar-refractivity contribution is 7.90. The zero-order valence-corrected chi connectivity index (χ0v) is 18.0. The number of carbonyl (C=O) groups excluding carboxylic acids is 1. The lowest BCUT2D eigenvalue weighted by Gasteiger charge is -2.18. The van der Waals surface area contributed by atoms with Gasteiger partial charge in [0.2, 0.25) is 5.91 Å². The monoisotopic (exact) mass is 451 g/mol. The van der Waals surface area contributed by atoms with E-state index in [4.69, 9.17) is 0 Å². The number of aromatic nitrogens is 2. The van der Waals surface area contributed by atoms with Crippen LogP contribution in [0, 0.1) is 0 Å². The van der Waals surface area contributed by atoms with Gasteiger partial charge in [-0.25, -0.2) is 4.98 Å². The fraction of sp³-hybridized carbons (Fsp3) is 0.0952. The van der Waals surface area contributed by atoms with Crippen molar-refractivity contribution in [1.82, 2.24) is 14.3 Å². The quantitative estimate of drug-likeness (QED) is 0.514. The molecule has 5 rings (SSSR count). The summed E-state index contributed by atoms with van der Waals surface area (Å²) in [4.78, 5) is 19.7. The van der Waals surface area contributed by atoms with Crippen molar-refractivity contribution in [2.45, 2.75) is 4.90 Å². The summed E-state index contributed by atoms with van der Waals surface area (Å²) in [5.41, 5.74) is 2.96. The number of sulfonamides is 1. The Morgan fingerprint density at radius 2 is 1.94 bits per heavy atom. The van der Waals surface area contributed by atoms with E-state index in [0.29, 0.717) is 11.3 Å². The van der Waals surface area contributed by atoms with Gasteiger partial charge < -0.3 is 10.2 Å². The number of likely N-dealkylation sites (N-methyl/N-ethyl adjacent to an activating group) is 1. The van der Waals surface area contributed by atoms with Gasteiger partial charge in [0.15, 0.2) is 10.8 Å². The smallest absolute Gasteiger partial charge is 0.285 e. The highest BCUT2D eigenvalue weighted by Crippen LogP contribution is 2.27. The number of thiazole rings is 1. The predicted molar refractivity (Wildman–Crippen MR) is 120 cm³/mol. The van der Waals surface area contributed by atoms with Crippen molar-refractivity contribution in [1.29, 1.82) is 0 Å². The third-order valence-electron chi connectivity index (χ3n) is 4.91. The van der Waals surface area contributed by atoms with Crippen molar-refractivity contribution >= 4 is 43.8 Å². The van der Waals surface area contributed by atoms with E-state index in [1.807, 2.05) is 46.4 Å². The summed E-state index contributed by atoms with van der Waals surface area (Å²) >= 11 is 1.57. The maximum absolute atomic E-state index is 12.5. The lowest BCUT2D eigenvalue weighted by molar-refractivity contribution is -0.116. The lowest BCUT2D eigenvalue weighted by atomic mass is 10.1. The highest BCUT2D eigenvalue weighted by atomic mass is 32.2. The maximum Gasteiger partial charge on any atom is 0.285 e. The number of fused-ring (bicyclic) bond motifs is 2. The van der Waals surface area contributed by atoms with Gasteiger partial charge in [-0.1, -0.05) is 24.3 Å². The van der Waals surface area contributed by atoms with Crippen LogP contribution in [0.3, 0.4) is 0 Å². The van der Waals surface area contributed by atoms with E-state index >= 15 is 0 Å². The molecule has 0 spiro atoms. The van der Waals surface area contributed by atoms with Gasteiger partial charge in [0.1, 0.15) is 4.90 Å². The molecule has 2 aromatic carbocycles. The molecule has 1 N–H and O–H groups in total. The summed E-state index contributed by atoms with van der Waals surface area (Å²) in [6.07, 6.45) is 3.92. The second-order valence-electron chi connectivity index (χ2n) is 7.09. The second kappa shape index (κ2) is 7.33. The number of nitrogens with one attached hydrogen (secondary N) is 1. The van der Waals surface area contributed by atoms with Gasteiger partial charge in [0.25, 0.3) is 10.0 Å². The topological polar surface area (TPSA) is 96.1 Å². The molecular weight excluding hydrogens is 434 g/mol. The minimum absolute atomic E-state index is 0.0399. The molecule has 10 heteroatoms. The highest BCUT2D eigenvalue weighted by Gasteiger charge is 2.30. The molecule has 0 atom stereocenters. The summed E-state index contributed by atoms with van der Waals surface area (Å²) < 4.78 is 30.2. The molecule has 0 bridgehead atoms. The van der Waals surface area contributed by atoms with Gasteiger partial charge in [-0.15, -0.1) is 15.7 Å². The molecule has 0 fully saturated rings. The first-order valence-electron chi connectivity index (χ1n) is 9.39. The minimum atomic E-state index is -3.72. The first-order valence-corrected chi connectivity index (χ1v) is 11.7. The van der Waals surface area contributed by atoms with Crippen LogP contribution in [-0.2, 0) is 14.8 Å². The number of imidazole rings is 1. The zero-order chi connectivity index (χ0) is 21.6. The lowest BCUT2D eigenvalue weighted by Crippen LogP contribution is -2.34. The molecule has 0 saturated heterocycles. The summed E-state index contributed by atoms with van der Waals surface area (Å²) in [5.74, 6) is -0.0110. The van der Waals surface area contributed by atoms with Crippen molar-refractivity contribution in [3.8, 4) is 11.3 Å². The number of amidine groups is 1. The number of rotatable bonds is 4. The molecule has 1 amide bonds. The largest absolute Gasteiger partial charge is 0.349 e. The molecule has 31 heavy (non-hydrogen) atoms. The molecule has 0 unspecified atom stereocenters. The molecule has 0 aliphatic carbocycles. The summed E-state index contributed by atoms with van der Waals surface area (Å²) in [7, 11) is -2.08. The number of carbonyl (C=O) groups is 1. The fourth-order valence-corrected chi connectivity index (χ4v) is 5.40. The normalized spacial score (nSPS) is 14.3. The Kier molecular flexibility index (Phi) is 4.60. The van der Waals surface area contributed by atoms with Crippen LogP contribution in [0.2, 0.25) is 0 Å². The summed E-state index contributed by atoms with van der Waals surface area (Å²) in [6.45, 7) is -0.0399. The van der Waals surface area contributed by atoms with Crippen LogP contribution in [0.4, 0.5) is 5.69 Å². The SMILES string of the molecule is CN(CC(=O)Nc1ccc(-c2cn3ccsc3n2)cc1)C1=NS(=O)(=O)c2ccccc21. The number of anilines is 1. The zero-order valence-electron chi connectivity index (χ0n) is 16.4. The number of hydrogen-bond donors (Lipinski definition) is 1. The van der Waals surface area contributed by atoms with Crippen LogP contribution in [0.5, 0.6) is 0 Å². The van der Waals surface area contributed by atoms with Crippen molar-refractivity contribution in [3.05, 3.63) is 71.9 Å². The fourth-order valence-electron chi connectivity index (χ4n) is 3.45. The molecule has 0 saturated carbocycles. The Morgan fingerprint density at radius 1 is 1.16 bits per heavy atom. The van der Waals surface area contributed by atoms with E-state index in [1.165, 1.54) is 11.0 Å². The van der Waals surface area contributed by atoms with Crippen LogP contribution in [0.25, 0.3) is 16.2 Å². The van der Waals surface area contributed by atoms with E-state index in [1.54, 1.807) is 36.6 Å². The Labute approximate surface area is 182 Å². The van der Waals surface area contributed by atoms with Crippen LogP contribution in [-0.4, -0.2) is 48.0 Å². The van der Waals surface area contributed by atoms with E-state index in [9.17, 15) is 13.2 Å². The number of amides is 1. The van der Waals surface area contributed by atoms with Gasteiger partial charge in [0, 0.05) is 41.6 Å². The van der Waals surface area contributed by atoms with Crippen LogP contribution in [0.1, 0.15) is 5.56 Å². The predicted octanol–water partition coefficient (Wildman–Crippen LogP) is 3.08. The number of hydrogen-bond acceptors (Lipinski definition) is 6. The van der Waals surface area contributed by atoms with Crippen molar-refractivity contribution in [2.75, 3.05) is 18.9 Å². The van der Waals surface area contributed by atoms with Crippen molar-refractivity contribution in [2.24, 2.45) is 4.40 Å². The Bertz CT molecular complexity index is 1410. The van der Waals surface area contributed by atoms with Crippen LogP contribution >= 0.6 is 11.3 Å². The molecule has 1 aliphatic rings. The van der Waals surface area contributed by atoms with Crippen molar-refractivity contribution < 1.29 is 13.2 Å². The van der Waals surface area contributed by atoms with E-state index in [0.717, 1.165) is 16.2 Å². The number of benzene rings is 2. The van der Waals surface area contributed by atoms with Gasteiger partial charge in [-0.05, 0) is 24.3 Å². The Hall–Kier alpha value is -3.50. The standard InChI is InChI=1S/C21H17N5O3S2/c1-25(20-16-4-2-3-5-18(16)31(28,29)24-20)13-19(27)22-15-8-6-14(7-9-15)17-12-26-10-11-30-21(26)23-17/h2-12H,13H2,1H3,(H,22,27). The van der Waals surface area contributed by atoms with Crippen LogP contribution in [0.15, 0.2) is 75.6 Å². The number of nitrogens with zero attached hydrogens (tertiary/aromatic N) is 4. The summed E-state index contributed by atoms with van der Waals surface area (Å²) in [6, 6.07) is 14.0. The van der Waals surface area contributed by atoms with E-state index < -0.39 is 10.0 Å². The second-order valence-corrected chi connectivity index (χ2v) is 9.53. The molecule has 156 valence electrons. The Balaban J connectivity index is 1.27. The average Bonchev–Trinajstić information content (AvgIpc) is 3.41. The van der Waals surface area contributed by atoms with E-state index in [-0.39, 0.29) is 23.2 Å². The molecule has 1 aliphatic heterocycles. The van der Waals surface area contributed by atoms with Gasteiger partial charge in [-0.3, -0.25) is 9.20 Å². The minimum Gasteiger partial charge on any atom is -0.349 e. The third-order valence-corrected chi connectivity index (χ3v) is 7.01. The molecule has 4 aromatic rings. The van der Waals surface area contributed by atoms with Crippen LogP contribution < -0.4 is 5.32 Å². The van der Waals surface area contributed by atoms with Crippen molar-refractivity contribution in [3.63, 3.8) is 0 Å². The third kappa shape index (κ3) is 3.60. The molecule has 0 radical (unpaired) electrons. The molecular formula is C21H17N5O3S2. The van der Waals surface area contributed by atoms with Gasteiger partial charge in [0.05, 0.1) is 12.2 Å². The van der Waals surface area contributed by atoms with E-state index in [2.05, 4.69) is 14.7 Å². The first kappa shape index (κ1) is 19.5. The molecule has 2 aromatic heterocycles.